The summed E-state index contributed by atoms with van der Waals surface area (Å²) in [4.78, 5) is 4.63. The second kappa shape index (κ2) is 7.81. The topological polar surface area (TPSA) is 26.7 Å². The average Bonchev–Trinajstić information content (AvgIpc) is 2.50. The molecular formula is C18H30N2O. The van der Waals surface area contributed by atoms with Crippen molar-refractivity contribution in [3.05, 3.63) is 29.3 Å². The van der Waals surface area contributed by atoms with Gasteiger partial charge < -0.3 is 14.9 Å². The predicted molar refractivity (Wildman–Crippen MR) is 90.0 cm³/mol. The number of hydrogen-bond donors (Lipinski definition) is 1. The standard InChI is InChI=1S/C18H30N2O/c1-4-5-11-19(2)13-10-18(21)16-8-9-17-15(14-16)7-6-12-20(17)3/h8-9,14,18,21H,4-7,10-13H2,1-3H3. The van der Waals surface area contributed by atoms with Gasteiger partial charge in [-0.2, -0.15) is 0 Å². The molecule has 1 unspecified atom stereocenters. The Bertz CT molecular complexity index is 447. The van der Waals surface area contributed by atoms with E-state index in [-0.39, 0.29) is 6.10 Å². The molecule has 3 nitrogen and oxygen atoms in total. The number of benzene rings is 1. The van der Waals surface area contributed by atoms with Crippen molar-refractivity contribution in [2.45, 2.75) is 45.1 Å². The van der Waals surface area contributed by atoms with Gasteiger partial charge in [0.15, 0.2) is 0 Å². The van der Waals surface area contributed by atoms with E-state index in [0.29, 0.717) is 0 Å². The number of rotatable bonds is 7. The molecule has 0 bridgehead atoms. The minimum absolute atomic E-state index is 0.341. The van der Waals surface area contributed by atoms with Crippen LogP contribution in [0.25, 0.3) is 0 Å². The van der Waals surface area contributed by atoms with Crippen molar-refractivity contribution < 1.29 is 5.11 Å². The summed E-state index contributed by atoms with van der Waals surface area (Å²) in [5, 5.41) is 10.4. The lowest BCUT2D eigenvalue weighted by Crippen LogP contribution is -2.25. The van der Waals surface area contributed by atoms with E-state index in [2.05, 4.69) is 49.0 Å². The molecule has 0 saturated heterocycles. The quantitative estimate of drug-likeness (QED) is 0.835. The first-order valence-electron chi connectivity index (χ1n) is 8.32. The van der Waals surface area contributed by atoms with Crippen LogP contribution in [0.1, 0.15) is 49.8 Å². The zero-order valence-electron chi connectivity index (χ0n) is 13.8. The number of nitrogens with zero attached hydrogens (tertiary/aromatic N) is 2. The van der Waals surface area contributed by atoms with E-state index in [4.69, 9.17) is 0 Å². The monoisotopic (exact) mass is 290 g/mol. The average molecular weight is 290 g/mol. The normalized spacial score (nSPS) is 16.1. The number of fused-ring (bicyclic) bond motifs is 1. The van der Waals surface area contributed by atoms with E-state index >= 15 is 0 Å². The first kappa shape index (κ1) is 16.3. The Hall–Kier alpha value is -1.06. The summed E-state index contributed by atoms with van der Waals surface area (Å²) in [6, 6.07) is 6.48. The minimum atomic E-state index is -0.341. The number of anilines is 1. The lowest BCUT2D eigenvalue weighted by molar-refractivity contribution is 0.148. The van der Waals surface area contributed by atoms with Crippen molar-refractivity contribution in [1.29, 1.82) is 0 Å². The van der Waals surface area contributed by atoms with Crippen LogP contribution in [-0.4, -0.2) is 43.7 Å². The highest BCUT2D eigenvalue weighted by Gasteiger charge is 2.16. The maximum absolute atomic E-state index is 10.4. The molecule has 0 radical (unpaired) electrons. The second-order valence-corrected chi connectivity index (χ2v) is 6.37. The van der Waals surface area contributed by atoms with E-state index < -0.39 is 0 Å². The first-order valence-corrected chi connectivity index (χ1v) is 8.32. The van der Waals surface area contributed by atoms with Gasteiger partial charge in [0.2, 0.25) is 0 Å². The largest absolute Gasteiger partial charge is 0.388 e. The molecule has 1 N–H and O–H groups in total. The molecule has 0 spiro atoms. The van der Waals surface area contributed by atoms with Gasteiger partial charge in [-0.1, -0.05) is 25.5 Å². The highest BCUT2D eigenvalue weighted by Crippen LogP contribution is 2.29. The van der Waals surface area contributed by atoms with Crippen LogP contribution in [0.3, 0.4) is 0 Å². The molecule has 0 fully saturated rings. The fraction of sp³-hybridized carbons (Fsp3) is 0.667. The van der Waals surface area contributed by atoms with Crippen LogP contribution >= 0.6 is 0 Å². The fourth-order valence-corrected chi connectivity index (χ4v) is 3.06. The Morgan fingerprint density at radius 2 is 2.14 bits per heavy atom. The number of aryl methyl sites for hydroxylation is 1. The zero-order valence-corrected chi connectivity index (χ0v) is 13.8. The summed E-state index contributed by atoms with van der Waals surface area (Å²) >= 11 is 0. The van der Waals surface area contributed by atoms with Crippen LogP contribution in [-0.2, 0) is 6.42 Å². The summed E-state index contributed by atoms with van der Waals surface area (Å²) in [7, 11) is 4.29. The molecule has 1 aromatic carbocycles. The Balaban J connectivity index is 1.92. The molecule has 1 heterocycles. The molecule has 0 aromatic heterocycles. The van der Waals surface area contributed by atoms with Gasteiger partial charge in [-0.15, -0.1) is 0 Å². The SMILES string of the molecule is CCCCN(C)CCC(O)c1ccc2c(c1)CCCN2C. The minimum Gasteiger partial charge on any atom is -0.388 e. The predicted octanol–water partition coefficient (Wildman–Crippen LogP) is 3.22. The molecule has 0 saturated carbocycles. The molecule has 1 aromatic rings. The van der Waals surface area contributed by atoms with Crippen LogP contribution in [0, 0.1) is 0 Å². The highest BCUT2D eigenvalue weighted by atomic mass is 16.3. The second-order valence-electron chi connectivity index (χ2n) is 6.37. The molecule has 1 aliphatic heterocycles. The van der Waals surface area contributed by atoms with Crippen molar-refractivity contribution in [2.75, 3.05) is 38.6 Å². The van der Waals surface area contributed by atoms with Gasteiger partial charge in [-0.05, 0) is 56.5 Å². The van der Waals surface area contributed by atoms with E-state index in [1.165, 1.54) is 30.5 Å². The maximum atomic E-state index is 10.4. The summed E-state index contributed by atoms with van der Waals surface area (Å²) in [6.45, 7) is 5.43. The molecule has 2 rings (SSSR count). The van der Waals surface area contributed by atoms with Crippen molar-refractivity contribution in [2.24, 2.45) is 0 Å². The molecule has 3 heteroatoms. The van der Waals surface area contributed by atoms with Gasteiger partial charge in [0.1, 0.15) is 0 Å². The first-order chi connectivity index (χ1) is 10.1. The van der Waals surface area contributed by atoms with E-state index in [0.717, 1.165) is 38.0 Å². The van der Waals surface area contributed by atoms with E-state index in [1.54, 1.807) is 0 Å². The molecule has 0 aliphatic carbocycles. The van der Waals surface area contributed by atoms with Crippen molar-refractivity contribution >= 4 is 5.69 Å². The van der Waals surface area contributed by atoms with Gasteiger partial charge in [0.25, 0.3) is 0 Å². The summed E-state index contributed by atoms with van der Waals surface area (Å²) in [5.74, 6) is 0. The van der Waals surface area contributed by atoms with Crippen molar-refractivity contribution in [1.82, 2.24) is 4.90 Å². The zero-order chi connectivity index (χ0) is 15.2. The number of aliphatic hydroxyl groups excluding tert-OH is 1. The van der Waals surface area contributed by atoms with Gasteiger partial charge in [0.05, 0.1) is 6.10 Å². The number of unbranched alkanes of at least 4 members (excludes halogenated alkanes) is 1. The third-order valence-corrected chi connectivity index (χ3v) is 4.52. The molecule has 1 atom stereocenters. The van der Waals surface area contributed by atoms with Crippen LogP contribution in [0.4, 0.5) is 5.69 Å². The molecule has 21 heavy (non-hydrogen) atoms. The van der Waals surface area contributed by atoms with Gasteiger partial charge >= 0.3 is 0 Å². The van der Waals surface area contributed by atoms with E-state index in [9.17, 15) is 5.11 Å². The van der Waals surface area contributed by atoms with Crippen molar-refractivity contribution in [3.8, 4) is 0 Å². The molecule has 1 aliphatic rings. The summed E-state index contributed by atoms with van der Waals surface area (Å²) in [5.41, 5.74) is 3.80. The van der Waals surface area contributed by atoms with Crippen LogP contribution < -0.4 is 4.90 Å². The van der Waals surface area contributed by atoms with Crippen molar-refractivity contribution in [3.63, 3.8) is 0 Å². The Morgan fingerprint density at radius 3 is 2.90 bits per heavy atom. The lowest BCUT2D eigenvalue weighted by atomic mass is 9.96. The van der Waals surface area contributed by atoms with Crippen LogP contribution in [0.2, 0.25) is 0 Å². The van der Waals surface area contributed by atoms with Gasteiger partial charge in [-0.3, -0.25) is 0 Å². The summed E-state index contributed by atoms with van der Waals surface area (Å²) < 4.78 is 0. The molecule has 118 valence electrons. The third kappa shape index (κ3) is 4.45. The van der Waals surface area contributed by atoms with Crippen LogP contribution in [0.5, 0.6) is 0 Å². The smallest absolute Gasteiger partial charge is 0.0802 e. The molecular weight excluding hydrogens is 260 g/mol. The van der Waals surface area contributed by atoms with E-state index in [1.807, 2.05) is 0 Å². The van der Waals surface area contributed by atoms with Gasteiger partial charge in [0, 0.05) is 25.8 Å². The Morgan fingerprint density at radius 1 is 1.33 bits per heavy atom. The number of hydrogen-bond acceptors (Lipinski definition) is 3. The number of aliphatic hydroxyl groups is 1. The fourth-order valence-electron chi connectivity index (χ4n) is 3.06. The van der Waals surface area contributed by atoms with Crippen LogP contribution in [0.15, 0.2) is 18.2 Å². The lowest BCUT2D eigenvalue weighted by Gasteiger charge is -2.28. The van der Waals surface area contributed by atoms with Gasteiger partial charge in [-0.25, -0.2) is 0 Å². The maximum Gasteiger partial charge on any atom is 0.0802 e. The Labute approximate surface area is 129 Å². The third-order valence-electron chi connectivity index (χ3n) is 4.52. The highest BCUT2D eigenvalue weighted by molar-refractivity contribution is 5.56. The molecule has 0 amide bonds. The summed E-state index contributed by atoms with van der Waals surface area (Å²) in [6.07, 6.45) is 5.28. The Kier molecular flexibility index (Phi) is 6.07.